The molecule has 0 fully saturated rings. The number of hydrogen-bond donors (Lipinski definition) is 0. The zero-order valence-electron chi connectivity index (χ0n) is 11.5. The molecule has 1 rings (SSSR count). The van der Waals surface area contributed by atoms with Crippen LogP contribution in [-0.4, -0.2) is 32.9 Å². The van der Waals surface area contributed by atoms with E-state index in [1.54, 1.807) is 6.07 Å². The van der Waals surface area contributed by atoms with Gasteiger partial charge in [0.1, 0.15) is 10.6 Å². The van der Waals surface area contributed by atoms with Gasteiger partial charge in [0, 0.05) is 19.2 Å². The summed E-state index contributed by atoms with van der Waals surface area (Å²) in [5.41, 5.74) is 0. The molecule has 0 aliphatic rings. The molecular formula is C13H20ClNO3S. The van der Waals surface area contributed by atoms with Gasteiger partial charge in [-0.25, -0.2) is 8.42 Å². The lowest BCUT2D eigenvalue weighted by molar-refractivity contribution is 0.408. The van der Waals surface area contributed by atoms with Crippen molar-refractivity contribution >= 4 is 21.6 Å². The molecule has 4 nitrogen and oxygen atoms in total. The van der Waals surface area contributed by atoms with Crippen molar-refractivity contribution in [2.45, 2.75) is 31.6 Å². The first-order chi connectivity index (χ1) is 8.97. The Morgan fingerprint density at radius 3 is 2.21 bits per heavy atom. The molecule has 0 radical (unpaired) electrons. The van der Waals surface area contributed by atoms with E-state index in [0.29, 0.717) is 18.8 Å². The molecule has 0 saturated carbocycles. The number of rotatable bonds is 7. The van der Waals surface area contributed by atoms with Gasteiger partial charge in [0.2, 0.25) is 10.0 Å². The molecule has 0 amide bonds. The van der Waals surface area contributed by atoms with Crippen molar-refractivity contribution in [1.82, 2.24) is 4.31 Å². The molecule has 0 heterocycles. The van der Waals surface area contributed by atoms with Crippen LogP contribution in [0, 0.1) is 0 Å². The number of nitrogens with zero attached hydrogens (tertiary/aromatic N) is 1. The number of methoxy groups -OCH3 is 1. The minimum Gasteiger partial charge on any atom is -0.497 e. The molecule has 0 N–H and O–H groups in total. The van der Waals surface area contributed by atoms with Crippen LogP contribution in [0.25, 0.3) is 0 Å². The summed E-state index contributed by atoms with van der Waals surface area (Å²) in [6, 6.07) is 4.62. The van der Waals surface area contributed by atoms with Crippen molar-refractivity contribution in [1.29, 1.82) is 0 Å². The topological polar surface area (TPSA) is 46.6 Å². The summed E-state index contributed by atoms with van der Waals surface area (Å²) in [5, 5.41) is 0.191. The maximum absolute atomic E-state index is 12.5. The Bertz CT molecular complexity index is 511. The number of sulfonamides is 1. The first-order valence-electron chi connectivity index (χ1n) is 6.31. The molecule has 0 saturated heterocycles. The van der Waals surface area contributed by atoms with Crippen LogP contribution < -0.4 is 4.74 Å². The highest BCUT2D eigenvalue weighted by Gasteiger charge is 2.25. The van der Waals surface area contributed by atoms with Gasteiger partial charge in [-0.3, -0.25) is 0 Å². The van der Waals surface area contributed by atoms with Crippen LogP contribution in [0.15, 0.2) is 23.1 Å². The summed E-state index contributed by atoms with van der Waals surface area (Å²) >= 11 is 6.05. The summed E-state index contributed by atoms with van der Waals surface area (Å²) in [5.74, 6) is 0.543. The first-order valence-corrected chi connectivity index (χ1v) is 8.12. The second kappa shape index (κ2) is 7.12. The van der Waals surface area contributed by atoms with Gasteiger partial charge < -0.3 is 4.74 Å². The Hall–Kier alpha value is -0.780. The Morgan fingerprint density at radius 2 is 1.79 bits per heavy atom. The highest BCUT2D eigenvalue weighted by atomic mass is 35.5. The first kappa shape index (κ1) is 16.3. The van der Waals surface area contributed by atoms with Gasteiger partial charge in [0.25, 0.3) is 0 Å². The smallest absolute Gasteiger partial charge is 0.244 e. The third-order valence-electron chi connectivity index (χ3n) is 2.70. The summed E-state index contributed by atoms with van der Waals surface area (Å²) in [7, 11) is -2.02. The molecule has 0 aromatic heterocycles. The van der Waals surface area contributed by atoms with Crippen LogP contribution in [0.4, 0.5) is 0 Å². The highest BCUT2D eigenvalue weighted by molar-refractivity contribution is 7.89. The van der Waals surface area contributed by atoms with Crippen LogP contribution in [-0.2, 0) is 10.0 Å². The molecule has 0 spiro atoms. The minimum absolute atomic E-state index is 0.136. The average Bonchev–Trinajstić information content (AvgIpc) is 2.38. The largest absolute Gasteiger partial charge is 0.497 e. The third-order valence-corrected chi connectivity index (χ3v) is 5.08. The van der Waals surface area contributed by atoms with E-state index in [9.17, 15) is 8.42 Å². The van der Waals surface area contributed by atoms with Crippen molar-refractivity contribution in [2.75, 3.05) is 20.2 Å². The summed E-state index contributed by atoms with van der Waals surface area (Å²) in [4.78, 5) is 0.136. The van der Waals surface area contributed by atoms with Gasteiger partial charge in [-0.2, -0.15) is 4.31 Å². The third kappa shape index (κ3) is 3.84. The van der Waals surface area contributed by atoms with Gasteiger partial charge in [-0.1, -0.05) is 25.4 Å². The predicted molar refractivity (Wildman–Crippen MR) is 77.3 cm³/mol. The zero-order chi connectivity index (χ0) is 14.5. The van der Waals surface area contributed by atoms with Crippen molar-refractivity contribution in [2.24, 2.45) is 0 Å². The Morgan fingerprint density at radius 1 is 1.21 bits per heavy atom. The molecule has 6 heteroatoms. The van der Waals surface area contributed by atoms with Gasteiger partial charge >= 0.3 is 0 Å². The zero-order valence-corrected chi connectivity index (χ0v) is 13.1. The summed E-state index contributed by atoms with van der Waals surface area (Å²) in [6.45, 7) is 4.90. The predicted octanol–water partition coefficient (Wildman–Crippen LogP) is 3.16. The van der Waals surface area contributed by atoms with E-state index in [1.165, 1.54) is 23.5 Å². The molecule has 0 aliphatic heterocycles. The van der Waals surface area contributed by atoms with Crippen LogP contribution in [0.1, 0.15) is 26.7 Å². The van der Waals surface area contributed by atoms with Crippen molar-refractivity contribution < 1.29 is 13.2 Å². The van der Waals surface area contributed by atoms with Gasteiger partial charge in [0.05, 0.1) is 12.1 Å². The number of halogens is 1. The second-order valence-corrected chi connectivity index (χ2v) is 6.51. The molecule has 108 valence electrons. The SMILES string of the molecule is CCCN(CCC)S(=O)(=O)c1ccc(OC)cc1Cl. The number of ether oxygens (including phenoxy) is 1. The van der Waals surface area contributed by atoms with Gasteiger partial charge in [-0.05, 0) is 25.0 Å². The van der Waals surface area contributed by atoms with Crippen molar-refractivity contribution in [3.8, 4) is 5.75 Å². The Balaban J connectivity index is 3.17. The van der Waals surface area contributed by atoms with Gasteiger partial charge in [-0.15, -0.1) is 0 Å². The van der Waals surface area contributed by atoms with E-state index in [2.05, 4.69) is 0 Å². The molecule has 1 aromatic rings. The molecule has 0 unspecified atom stereocenters. The molecule has 1 aromatic carbocycles. The molecule has 0 bridgehead atoms. The lowest BCUT2D eigenvalue weighted by atomic mass is 10.3. The van der Waals surface area contributed by atoms with Crippen molar-refractivity contribution in [3.05, 3.63) is 23.2 Å². The minimum atomic E-state index is -3.54. The van der Waals surface area contributed by atoms with E-state index in [0.717, 1.165) is 12.8 Å². The summed E-state index contributed by atoms with van der Waals surface area (Å²) in [6.07, 6.45) is 1.54. The Kier molecular flexibility index (Phi) is 6.10. The quantitative estimate of drug-likeness (QED) is 0.777. The molecule has 0 atom stereocenters. The number of hydrogen-bond acceptors (Lipinski definition) is 3. The lowest BCUT2D eigenvalue weighted by Gasteiger charge is -2.21. The maximum Gasteiger partial charge on any atom is 0.244 e. The van der Waals surface area contributed by atoms with Crippen LogP contribution in [0.3, 0.4) is 0 Å². The van der Waals surface area contributed by atoms with E-state index >= 15 is 0 Å². The fourth-order valence-corrected chi connectivity index (χ4v) is 3.94. The van der Waals surface area contributed by atoms with Crippen LogP contribution >= 0.6 is 11.6 Å². The standard InChI is InChI=1S/C13H20ClNO3S/c1-4-8-15(9-5-2)19(16,17)13-7-6-11(18-3)10-12(13)14/h6-7,10H,4-5,8-9H2,1-3H3. The van der Waals surface area contributed by atoms with Crippen LogP contribution in [0.5, 0.6) is 5.75 Å². The van der Waals surface area contributed by atoms with E-state index in [-0.39, 0.29) is 9.92 Å². The fraction of sp³-hybridized carbons (Fsp3) is 0.538. The maximum atomic E-state index is 12.5. The van der Waals surface area contributed by atoms with Gasteiger partial charge in [0.15, 0.2) is 0 Å². The lowest BCUT2D eigenvalue weighted by Crippen LogP contribution is -2.32. The highest BCUT2D eigenvalue weighted by Crippen LogP contribution is 2.28. The van der Waals surface area contributed by atoms with E-state index in [4.69, 9.17) is 16.3 Å². The fourth-order valence-electron chi connectivity index (χ4n) is 1.81. The molecule has 0 aliphatic carbocycles. The Labute approximate surface area is 120 Å². The molecule has 19 heavy (non-hydrogen) atoms. The summed E-state index contributed by atoms with van der Waals surface area (Å²) < 4.78 is 31.6. The molecular weight excluding hydrogens is 286 g/mol. The van der Waals surface area contributed by atoms with Crippen LogP contribution in [0.2, 0.25) is 5.02 Å². The van der Waals surface area contributed by atoms with E-state index < -0.39 is 10.0 Å². The second-order valence-electron chi connectivity index (χ2n) is 4.20. The van der Waals surface area contributed by atoms with E-state index in [1.807, 2.05) is 13.8 Å². The van der Waals surface area contributed by atoms with Crippen molar-refractivity contribution in [3.63, 3.8) is 0 Å². The number of benzene rings is 1. The average molecular weight is 306 g/mol. The monoisotopic (exact) mass is 305 g/mol. The normalized spacial score (nSPS) is 11.8.